The normalized spacial score (nSPS) is 19.1. The number of hydrogen-bond acceptors (Lipinski definition) is 4. The number of hydrogen-bond donors (Lipinski definition) is 1. The summed E-state index contributed by atoms with van der Waals surface area (Å²) in [6.45, 7) is 2.83. The summed E-state index contributed by atoms with van der Waals surface area (Å²) in [5, 5.41) is 2.98. The standard InChI is InChI=1S/C28H31F12NO4/c1-4-23(2,3)22(43)41-17-8-12-19(13-9-17)45-20(42)14-7-16-5-10-18(11-6-16)44-15-24(31,32)26(35,36)28(39,40)27(37,38)25(33,34)21(29)30/h5-7,10-11,14,17,19,21H,4,8-9,12-13,15H2,1-3H3,(H,41,43)/b14-7+/t17-,19-. The quantitative estimate of drug-likeness (QED) is 0.124. The number of alkyl halides is 12. The van der Waals surface area contributed by atoms with Gasteiger partial charge in [-0.15, -0.1) is 0 Å². The molecule has 0 spiro atoms. The van der Waals surface area contributed by atoms with Crippen LogP contribution in [0.3, 0.4) is 0 Å². The molecular formula is C28H31F12NO4. The fraction of sp³-hybridized carbons (Fsp3) is 0.643. The van der Waals surface area contributed by atoms with E-state index in [1.54, 1.807) is 0 Å². The SMILES string of the molecule is CCC(C)(C)C(=O)N[C@H]1CC[C@H](OC(=O)/C=C/c2ccc(OCC(F)(F)C(F)(F)C(F)(F)C(F)(F)C(F)(F)C(F)F)cc2)CC1. The van der Waals surface area contributed by atoms with Crippen LogP contribution in [-0.2, 0) is 14.3 Å². The number of nitrogens with one attached hydrogen (secondary N) is 1. The van der Waals surface area contributed by atoms with Crippen molar-refractivity contribution in [1.82, 2.24) is 5.32 Å². The van der Waals surface area contributed by atoms with Crippen molar-refractivity contribution in [1.29, 1.82) is 0 Å². The fourth-order valence-corrected chi connectivity index (χ4v) is 3.95. The molecule has 45 heavy (non-hydrogen) atoms. The molecule has 0 aromatic heterocycles. The van der Waals surface area contributed by atoms with Crippen LogP contribution in [0.4, 0.5) is 52.7 Å². The number of carbonyl (C=O) groups is 2. The maximum Gasteiger partial charge on any atom is 0.384 e. The van der Waals surface area contributed by atoms with E-state index in [0.717, 1.165) is 30.3 Å². The lowest BCUT2D eigenvalue weighted by molar-refractivity contribution is -0.414. The molecule has 5 nitrogen and oxygen atoms in total. The van der Waals surface area contributed by atoms with Crippen LogP contribution in [0.1, 0.15) is 58.4 Å². The van der Waals surface area contributed by atoms with Gasteiger partial charge in [-0.2, -0.15) is 43.9 Å². The molecule has 17 heteroatoms. The summed E-state index contributed by atoms with van der Waals surface area (Å²) in [5.41, 5.74) is -0.305. The lowest BCUT2D eigenvalue weighted by Crippen LogP contribution is -2.69. The molecule has 256 valence electrons. The number of ether oxygens (including phenoxy) is 2. The fourth-order valence-electron chi connectivity index (χ4n) is 3.95. The van der Waals surface area contributed by atoms with Crippen molar-refractivity contribution in [2.24, 2.45) is 5.41 Å². The van der Waals surface area contributed by atoms with E-state index in [1.807, 2.05) is 20.8 Å². The Morgan fingerprint density at radius 1 is 0.867 bits per heavy atom. The highest BCUT2D eigenvalue weighted by molar-refractivity contribution is 5.87. The van der Waals surface area contributed by atoms with Crippen LogP contribution in [0.15, 0.2) is 30.3 Å². The number of amides is 1. The van der Waals surface area contributed by atoms with Crippen molar-refractivity contribution in [3.63, 3.8) is 0 Å². The van der Waals surface area contributed by atoms with E-state index in [2.05, 4.69) is 10.1 Å². The zero-order valence-corrected chi connectivity index (χ0v) is 24.1. The molecule has 1 amide bonds. The summed E-state index contributed by atoms with van der Waals surface area (Å²) in [7, 11) is 0. The van der Waals surface area contributed by atoms with Gasteiger partial charge in [0, 0.05) is 17.5 Å². The molecule has 0 unspecified atom stereocenters. The highest BCUT2D eigenvalue weighted by Crippen LogP contribution is 2.58. The summed E-state index contributed by atoms with van der Waals surface area (Å²) in [5.74, 6) is -37.3. The van der Waals surface area contributed by atoms with Crippen molar-refractivity contribution in [2.75, 3.05) is 6.61 Å². The van der Waals surface area contributed by atoms with Gasteiger partial charge in [0.05, 0.1) is 0 Å². The zero-order valence-electron chi connectivity index (χ0n) is 24.1. The highest BCUT2D eigenvalue weighted by Gasteiger charge is 2.87. The molecule has 1 saturated carbocycles. The van der Waals surface area contributed by atoms with Gasteiger partial charge in [-0.3, -0.25) is 4.79 Å². The first-order valence-corrected chi connectivity index (χ1v) is 13.5. The van der Waals surface area contributed by atoms with E-state index in [4.69, 9.17) is 4.74 Å². The summed E-state index contributed by atoms with van der Waals surface area (Å²) in [6.07, 6.45) is -0.961. The first kappa shape index (κ1) is 38.0. The molecular weight excluding hydrogens is 642 g/mol. The lowest BCUT2D eigenvalue weighted by Gasteiger charge is -2.39. The predicted molar refractivity (Wildman–Crippen MR) is 136 cm³/mol. The van der Waals surface area contributed by atoms with Crippen LogP contribution in [0.2, 0.25) is 0 Å². The third kappa shape index (κ3) is 8.18. The van der Waals surface area contributed by atoms with Gasteiger partial charge in [-0.1, -0.05) is 32.9 Å². The zero-order chi connectivity index (χ0) is 34.6. The summed E-state index contributed by atoms with van der Waals surface area (Å²) in [6, 6.07) is 3.80. The van der Waals surface area contributed by atoms with Gasteiger partial charge in [0.2, 0.25) is 5.91 Å². The molecule has 0 heterocycles. The number of rotatable bonds is 14. The Labute approximate surface area is 250 Å². The minimum absolute atomic E-state index is 0.0617. The third-order valence-electron chi connectivity index (χ3n) is 7.44. The molecule has 0 bridgehead atoms. The van der Waals surface area contributed by atoms with E-state index in [1.165, 1.54) is 6.08 Å². The molecule has 1 aromatic rings. The van der Waals surface area contributed by atoms with Gasteiger partial charge in [0.25, 0.3) is 0 Å². The van der Waals surface area contributed by atoms with Crippen molar-refractivity contribution >= 4 is 18.0 Å². The maximum atomic E-state index is 13.9. The van der Waals surface area contributed by atoms with E-state index in [-0.39, 0.29) is 17.5 Å². The topological polar surface area (TPSA) is 64.6 Å². The van der Waals surface area contributed by atoms with Crippen molar-refractivity contribution in [3.8, 4) is 5.75 Å². The maximum absolute atomic E-state index is 13.9. The van der Waals surface area contributed by atoms with Crippen molar-refractivity contribution in [3.05, 3.63) is 35.9 Å². The van der Waals surface area contributed by atoms with Gasteiger partial charge < -0.3 is 14.8 Å². The second kappa shape index (κ2) is 13.7. The molecule has 1 aliphatic rings. The minimum Gasteiger partial charge on any atom is -0.487 e. The number of carbonyl (C=O) groups excluding carboxylic acids is 2. The summed E-state index contributed by atoms with van der Waals surface area (Å²) in [4.78, 5) is 24.5. The van der Waals surface area contributed by atoms with E-state index in [9.17, 15) is 62.3 Å². The van der Waals surface area contributed by atoms with Crippen LogP contribution in [0.25, 0.3) is 6.08 Å². The van der Waals surface area contributed by atoms with E-state index < -0.39 is 65.9 Å². The monoisotopic (exact) mass is 673 g/mol. The second-order valence-corrected chi connectivity index (χ2v) is 11.2. The molecule has 0 saturated heterocycles. The Morgan fingerprint density at radius 3 is 1.89 bits per heavy atom. The molecule has 1 fully saturated rings. The van der Waals surface area contributed by atoms with E-state index >= 15 is 0 Å². The molecule has 2 rings (SSSR count). The largest absolute Gasteiger partial charge is 0.487 e. The smallest absolute Gasteiger partial charge is 0.384 e. The third-order valence-corrected chi connectivity index (χ3v) is 7.44. The highest BCUT2D eigenvalue weighted by atomic mass is 19.4. The lowest BCUT2D eigenvalue weighted by atomic mass is 9.87. The molecule has 0 radical (unpaired) electrons. The molecule has 1 aliphatic carbocycles. The van der Waals surface area contributed by atoms with Crippen LogP contribution in [-0.4, -0.2) is 66.7 Å². The average Bonchev–Trinajstić information content (AvgIpc) is 2.96. The molecule has 1 N–H and O–H groups in total. The van der Waals surface area contributed by atoms with Gasteiger partial charge in [0.15, 0.2) is 6.61 Å². The van der Waals surface area contributed by atoms with E-state index in [0.29, 0.717) is 32.1 Å². The number of halogens is 12. The molecule has 0 aliphatic heterocycles. The van der Waals surface area contributed by atoms with Crippen LogP contribution in [0.5, 0.6) is 5.75 Å². The minimum atomic E-state index is -7.63. The van der Waals surface area contributed by atoms with Crippen molar-refractivity contribution < 1.29 is 71.7 Å². The summed E-state index contributed by atoms with van der Waals surface area (Å²) >= 11 is 0. The predicted octanol–water partition coefficient (Wildman–Crippen LogP) is 7.93. The Hall–Kier alpha value is -3.14. The Bertz CT molecular complexity index is 1190. The molecule has 0 atom stereocenters. The van der Waals surface area contributed by atoms with Gasteiger partial charge in [-0.05, 0) is 55.9 Å². The summed E-state index contributed by atoms with van der Waals surface area (Å²) < 4.78 is 169. The first-order valence-electron chi connectivity index (χ1n) is 13.5. The van der Waals surface area contributed by atoms with Crippen LogP contribution < -0.4 is 10.1 Å². The Balaban J connectivity index is 1.94. The second-order valence-electron chi connectivity index (χ2n) is 11.2. The van der Waals surface area contributed by atoms with Gasteiger partial charge >= 0.3 is 42.0 Å². The van der Waals surface area contributed by atoms with Crippen LogP contribution >= 0.6 is 0 Å². The van der Waals surface area contributed by atoms with Gasteiger partial charge in [-0.25, -0.2) is 13.6 Å². The molecule has 1 aromatic carbocycles. The number of esters is 1. The van der Waals surface area contributed by atoms with Gasteiger partial charge in [0.1, 0.15) is 11.9 Å². The number of benzene rings is 1. The first-order chi connectivity index (χ1) is 20.4. The van der Waals surface area contributed by atoms with Crippen LogP contribution in [0, 0.1) is 5.41 Å². The van der Waals surface area contributed by atoms with Crippen molar-refractivity contribution in [2.45, 2.75) is 101 Å². The Kier molecular flexibility index (Phi) is 11.6. The Morgan fingerprint density at radius 2 is 1.40 bits per heavy atom. The average molecular weight is 674 g/mol.